The Bertz CT molecular complexity index is 732. The zero-order valence-electron chi connectivity index (χ0n) is 15.2. The van der Waals surface area contributed by atoms with Gasteiger partial charge >= 0.3 is 6.03 Å². The van der Waals surface area contributed by atoms with Crippen LogP contribution in [-0.4, -0.2) is 35.6 Å². The molecule has 4 N–H and O–H groups in total. The molecule has 0 aliphatic carbocycles. The molecule has 0 bridgehead atoms. The van der Waals surface area contributed by atoms with Gasteiger partial charge in [0.2, 0.25) is 5.95 Å². The molecule has 7 heteroatoms. The van der Waals surface area contributed by atoms with Crippen LogP contribution < -0.4 is 21.3 Å². The number of hydrogen-bond acceptors (Lipinski definition) is 5. The first-order chi connectivity index (χ1) is 12.0. The van der Waals surface area contributed by atoms with E-state index in [9.17, 15) is 4.79 Å². The van der Waals surface area contributed by atoms with Crippen LogP contribution in [0.2, 0.25) is 0 Å². The van der Waals surface area contributed by atoms with Gasteiger partial charge in [0, 0.05) is 37.1 Å². The topological polar surface area (TPSA) is 91.0 Å². The number of amides is 2. The molecule has 7 nitrogen and oxygen atoms in total. The molecule has 134 valence electrons. The lowest BCUT2D eigenvalue weighted by atomic mass is 10.1. The molecule has 0 radical (unpaired) electrons. The fourth-order valence-electron chi connectivity index (χ4n) is 2.26. The van der Waals surface area contributed by atoms with Crippen LogP contribution in [0.5, 0.6) is 0 Å². The molecule has 0 unspecified atom stereocenters. The summed E-state index contributed by atoms with van der Waals surface area (Å²) in [5, 5.41) is 11.9. The monoisotopic (exact) mass is 342 g/mol. The quantitative estimate of drug-likeness (QED) is 0.581. The van der Waals surface area contributed by atoms with Gasteiger partial charge in [-0.15, -0.1) is 0 Å². The van der Waals surface area contributed by atoms with Gasteiger partial charge in [0.25, 0.3) is 0 Å². The number of benzene rings is 1. The number of anilines is 3. The van der Waals surface area contributed by atoms with Crippen molar-refractivity contribution in [2.45, 2.75) is 27.7 Å². The van der Waals surface area contributed by atoms with E-state index in [0.29, 0.717) is 19.0 Å². The average molecular weight is 342 g/mol. The Labute approximate surface area is 148 Å². The number of aryl methyl sites for hydroxylation is 3. The average Bonchev–Trinajstić information content (AvgIpc) is 2.55. The SMILES string of the molecule is CCNc1cc(C)nc(NCCNC(=O)Nc2ccc(C)c(C)c2)n1. The van der Waals surface area contributed by atoms with Crippen molar-refractivity contribution in [2.75, 3.05) is 35.6 Å². The molecule has 0 spiro atoms. The third kappa shape index (κ3) is 5.95. The second-order valence-corrected chi connectivity index (χ2v) is 5.86. The van der Waals surface area contributed by atoms with Gasteiger partial charge in [-0.2, -0.15) is 4.98 Å². The fraction of sp³-hybridized carbons (Fsp3) is 0.389. The fourth-order valence-corrected chi connectivity index (χ4v) is 2.26. The van der Waals surface area contributed by atoms with E-state index in [0.717, 1.165) is 29.3 Å². The van der Waals surface area contributed by atoms with Gasteiger partial charge < -0.3 is 21.3 Å². The molecule has 0 fully saturated rings. The zero-order chi connectivity index (χ0) is 18.2. The number of hydrogen-bond donors (Lipinski definition) is 4. The van der Waals surface area contributed by atoms with Crippen LogP contribution in [0.3, 0.4) is 0 Å². The van der Waals surface area contributed by atoms with Crippen molar-refractivity contribution in [3.63, 3.8) is 0 Å². The zero-order valence-corrected chi connectivity index (χ0v) is 15.2. The number of rotatable bonds is 7. The highest BCUT2D eigenvalue weighted by Crippen LogP contribution is 2.13. The van der Waals surface area contributed by atoms with E-state index in [1.165, 1.54) is 5.56 Å². The van der Waals surface area contributed by atoms with Crippen LogP contribution in [0.1, 0.15) is 23.7 Å². The molecule has 2 aromatic rings. The number of aromatic nitrogens is 2. The number of carbonyl (C=O) groups is 1. The molecule has 1 aromatic carbocycles. The Morgan fingerprint density at radius 3 is 2.52 bits per heavy atom. The molecule has 1 heterocycles. The summed E-state index contributed by atoms with van der Waals surface area (Å²) >= 11 is 0. The molecule has 1 aromatic heterocycles. The van der Waals surface area contributed by atoms with Crippen LogP contribution in [0.15, 0.2) is 24.3 Å². The standard InChI is InChI=1S/C18H26N6O/c1-5-19-16-11-14(4)22-17(24-16)20-8-9-21-18(25)23-15-7-6-12(2)13(3)10-15/h6-7,10-11H,5,8-9H2,1-4H3,(H2,21,23,25)(H2,19,20,22,24). The van der Waals surface area contributed by atoms with Crippen molar-refractivity contribution >= 4 is 23.5 Å². The number of nitrogens with zero attached hydrogens (tertiary/aromatic N) is 2. The molecule has 0 aliphatic heterocycles. The Hall–Kier alpha value is -2.83. The Kier molecular flexibility index (Phi) is 6.56. The lowest BCUT2D eigenvalue weighted by Crippen LogP contribution is -2.32. The normalized spacial score (nSPS) is 10.2. The minimum absolute atomic E-state index is 0.233. The number of carbonyl (C=O) groups excluding carboxylic acids is 1. The summed E-state index contributed by atoms with van der Waals surface area (Å²) in [5.74, 6) is 1.34. The van der Waals surface area contributed by atoms with Crippen LogP contribution >= 0.6 is 0 Å². The second kappa shape index (κ2) is 8.86. The summed E-state index contributed by atoms with van der Waals surface area (Å²) in [5.41, 5.74) is 4.01. The van der Waals surface area contributed by atoms with Gasteiger partial charge in [-0.1, -0.05) is 6.07 Å². The lowest BCUT2D eigenvalue weighted by molar-refractivity contribution is 0.252. The Morgan fingerprint density at radius 2 is 1.80 bits per heavy atom. The van der Waals surface area contributed by atoms with Crippen molar-refractivity contribution in [1.82, 2.24) is 15.3 Å². The highest BCUT2D eigenvalue weighted by Gasteiger charge is 2.04. The van der Waals surface area contributed by atoms with E-state index in [2.05, 4.69) is 31.2 Å². The molecular weight excluding hydrogens is 316 g/mol. The summed E-state index contributed by atoms with van der Waals surface area (Å²) in [6.07, 6.45) is 0. The summed E-state index contributed by atoms with van der Waals surface area (Å²) in [6, 6.07) is 7.50. The summed E-state index contributed by atoms with van der Waals surface area (Å²) in [7, 11) is 0. The molecule has 2 rings (SSSR count). The van der Waals surface area contributed by atoms with Crippen LogP contribution in [0, 0.1) is 20.8 Å². The third-order valence-electron chi connectivity index (χ3n) is 3.67. The number of urea groups is 1. The molecular formula is C18H26N6O. The molecule has 0 aliphatic rings. The van der Waals surface area contributed by atoms with Crippen molar-refractivity contribution in [1.29, 1.82) is 0 Å². The maximum absolute atomic E-state index is 11.9. The highest BCUT2D eigenvalue weighted by atomic mass is 16.2. The molecule has 25 heavy (non-hydrogen) atoms. The molecule has 2 amide bonds. The minimum Gasteiger partial charge on any atom is -0.370 e. The van der Waals surface area contributed by atoms with Gasteiger partial charge in [0.15, 0.2) is 0 Å². The van der Waals surface area contributed by atoms with E-state index in [4.69, 9.17) is 0 Å². The highest BCUT2D eigenvalue weighted by molar-refractivity contribution is 5.89. The maximum Gasteiger partial charge on any atom is 0.319 e. The van der Waals surface area contributed by atoms with E-state index in [1.54, 1.807) is 0 Å². The second-order valence-electron chi connectivity index (χ2n) is 5.86. The van der Waals surface area contributed by atoms with Gasteiger partial charge in [-0.3, -0.25) is 0 Å². The van der Waals surface area contributed by atoms with E-state index in [-0.39, 0.29) is 6.03 Å². The molecule has 0 atom stereocenters. The van der Waals surface area contributed by atoms with Crippen molar-refractivity contribution in [3.8, 4) is 0 Å². The van der Waals surface area contributed by atoms with Crippen molar-refractivity contribution < 1.29 is 4.79 Å². The van der Waals surface area contributed by atoms with Gasteiger partial charge in [0.05, 0.1) is 0 Å². The van der Waals surface area contributed by atoms with Crippen molar-refractivity contribution in [2.24, 2.45) is 0 Å². The third-order valence-corrected chi connectivity index (χ3v) is 3.67. The Morgan fingerprint density at radius 1 is 1.00 bits per heavy atom. The first kappa shape index (κ1) is 18.5. The number of nitrogens with one attached hydrogen (secondary N) is 4. The van der Waals surface area contributed by atoms with Gasteiger partial charge in [-0.25, -0.2) is 9.78 Å². The van der Waals surface area contributed by atoms with Crippen LogP contribution in [-0.2, 0) is 0 Å². The van der Waals surface area contributed by atoms with E-state index < -0.39 is 0 Å². The predicted octanol–water partition coefficient (Wildman–Crippen LogP) is 3.07. The predicted molar refractivity (Wildman–Crippen MR) is 102 cm³/mol. The molecule has 0 saturated heterocycles. The minimum atomic E-state index is -0.233. The first-order valence-corrected chi connectivity index (χ1v) is 8.43. The molecule has 0 saturated carbocycles. The van der Waals surface area contributed by atoms with Gasteiger partial charge in [-0.05, 0) is 51.0 Å². The first-order valence-electron chi connectivity index (χ1n) is 8.43. The summed E-state index contributed by atoms with van der Waals surface area (Å²) in [6.45, 7) is 9.80. The maximum atomic E-state index is 11.9. The largest absolute Gasteiger partial charge is 0.370 e. The summed E-state index contributed by atoms with van der Waals surface area (Å²) in [4.78, 5) is 20.6. The summed E-state index contributed by atoms with van der Waals surface area (Å²) < 4.78 is 0. The van der Waals surface area contributed by atoms with E-state index in [1.807, 2.05) is 52.0 Å². The lowest BCUT2D eigenvalue weighted by Gasteiger charge is -2.11. The van der Waals surface area contributed by atoms with Crippen molar-refractivity contribution in [3.05, 3.63) is 41.1 Å². The van der Waals surface area contributed by atoms with E-state index >= 15 is 0 Å². The van der Waals surface area contributed by atoms with Gasteiger partial charge in [0.1, 0.15) is 5.82 Å². The Balaban J connectivity index is 1.77. The van der Waals surface area contributed by atoms with Crippen LogP contribution in [0.4, 0.5) is 22.2 Å². The van der Waals surface area contributed by atoms with Crippen LogP contribution in [0.25, 0.3) is 0 Å². The smallest absolute Gasteiger partial charge is 0.319 e.